The van der Waals surface area contributed by atoms with E-state index in [-0.39, 0.29) is 11.8 Å². The fourth-order valence-electron chi connectivity index (χ4n) is 2.79. The van der Waals surface area contributed by atoms with Crippen LogP contribution in [0.5, 0.6) is 5.75 Å². The number of hydrogen-bond donors (Lipinski definition) is 1. The van der Waals surface area contributed by atoms with E-state index in [2.05, 4.69) is 5.32 Å². The molecule has 1 N–H and O–H groups in total. The second kappa shape index (κ2) is 8.76. The van der Waals surface area contributed by atoms with Crippen molar-refractivity contribution in [2.24, 2.45) is 0 Å². The number of thioether (sulfide) groups is 1. The van der Waals surface area contributed by atoms with Gasteiger partial charge in [0.05, 0.1) is 12.9 Å². The van der Waals surface area contributed by atoms with Gasteiger partial charge < -0.3 is 15.0 Å². The molecule has 0 aliphatic carbocycles. The Bertz CT molecular complexity index is 760. The second-order valence-electron chi connectivity index (χ2n) is 6.06. The number of ether oxygens (including phenoxy) is 1. The smallest absolute Gasteiger partial charge is 0.230 e. The van der Waals surface area contributed by atoms with Gasteiger partial charge in [-0.05, 0) is 48.4 Å². The summed E-state index contributed by atoms with van der Waals surface area (Å²) < 4.78 is 5.12. The lowest BCUT2D eigenvalue weighted by Crippen LogP contribution is -2.25. The Hall–Kier alpha value is -2.47. The van der Waals surface area contributed by atoms with Crippen LogP contribution < -0.4 is 15.0 Å². The first kappa shape index (κ1) is 18.3. The minimum absolute atomic E-state index is 0.00962. The Morgan fingerprint density at radius 3 is 2.50 bits per heavy atom. The molecular weight excluding hydrogens is 348 g/mol. The van der Waals surface area contributed by atoms with Gasteiger partial charge in [-0.2, -0.15) is 0 Å². The number of nitrogens with one attached hydrogen (secondary N) is 1. The van der Waals surface area contributed by atoms with Gasteiger partial charge in [0.2, 0.25) is 11.8 Å². The van der Waals surface area contributed by atoms with E-state index in [0.717, 1.165) is 34.9 Å². The minimum atomic E-state index is -0.00962. The number of carbonyl (C=O) groups is 2. The molecule has 0 saturated carbocycles. The highest BCUT2D eigenvalue weighted by molar-refractivity contribution is 8.00. The largest absolute Gasteiger partial charge is 0.497 e. The minimum Gasteiger partial charge on any atom is -0.497 e. The van der Waals surface area contributed by atoms with Gasteiger partial charge in [-0.15, -0.1) is 11.8 Å². The predicted molar refractivity (Wildman–Crippen MR) is 104 cm³/mol. The average molecular weight is 370 g/mol. The summed E-state index contributed by atoms with van der Waals surface area (Å²) in [7, 11) is 1.63. The van der Waals surface area contributed by atoms with Crippen molar-refractivity contribution >= 4 is 29.3 Å². The number of nitrogens with zero attached hydrogens (tertiary/aromatic N) is 1. The number of carbonyl (C=O) groups excluding carboxylic acids is 2. The summed E-state index contributed by atoms with van der Waals surface area (Å²) in [5.74, 6) is 1.34. The van der Waals surface area contributed by atoms with Crippen LogP contribution in [0.3, 0.4) is 0 Å². The standard InChI is InChI=1S/C20H22N2O3S/c1-25-17-8-10-18(11-9-17)26-14-19(23)21-13-15-4-6-16(7-5-15)22-12-2-3-20(22)24/h4-11H,2-3,12-14H2,1H3,(H,21,23). The van der Waals surface area contributed by atoms with Crippen molar-refractivity contribution in [1.82, 2.24) is 5.32 Å². The van der Waals surface area contributed by atoms with Crippen LogP contribution in [0.4, 0.5) is 5.69 Å². The van der Waals surface area contributed by atoms with Gasteiger partial charge >= 0.3 is 0 Å². The first-order valence-corrected chi connectivity index (χ1v) is 9.57. The number of hydrogen-bond acceptors (Lipinski definition) is 4. The molecule has 0 radical (unpaired) electrons. The van der Waals surface area contributed by atoms with Gasteiger partial charge in [-0.25, -0.2) is 0 Å². The topological polar surface area (TPSA) is 58.6 Å². The highest BCUT2D eigenvalue weighted by Gasteiger charge is 2.21. The van der Waals surface area contributed by atoms with Crippen LogP contribution >= 0.6 is 11.8 Å². The normalized spacial score (nSPS) is 13.7. The van der Waals surface area contributed by atoms with E-state index in [9.17, 15) is 9.59 Å². The molecule has 1 fully saturated rings. The van der Waals surface area contributed by atoms with Crippen molar-refractivity contribution < 1.29 is 14.3 Å². The zero-order chi connectivity index (χ0) is 18.4. The molecule has 1 aliphatic rings. The number of amides is 2. The third kappa shape index (κ3) is 4.79. The quantitative estimate of drug-likeness (QED) is 0.760. The van der Waals surface area contributed by atoms with Crippen LogP contribution in [-0.4, -0.2) is 31.2 Å². The van der Waals surface area contributed by atoms with Gasteiger partial charge in [0.15, 0.2) is 0 Å². The van der Waals surface area contributed by atoms with Crippen LogP contribution in [0.25, 0.3) is 0 Å². The van der Waals surface area contributed by atoms with Crippen LogP contribution in [-0.2, 0) is 16.1 Å². The zero-order valence-corrected chi connectivity index (χ0v) is 15.6. The van der Waals surface area contributed by atoms with Crippen molar-refractivity contribution in [3.63, 3.8) is 0 Å². The number of benzene rings is 2. The lowest BCUT2D eigenvalue weighted by molar-refractivity contribution is -0.119. The number of anilines is 1. The second-order valence-corrected chi connectivity index (χ2v) is 7.11. The van der Waals surface area contributed by atoms with Gasteiger partial charge in [-0.3, -0.25) is 9.59 Å². The summed E-state index contributed by atoms with van der Waals surface area (Å²) >= 11 is 1.49. The van der Waals surface area contributed by atoms with Gasteiger partial charge in [0.1, 0.15) is 5.75 Å². The average Bonchev–Trinajstić information content (AvgIpc) is 3.11. The third-order valence-corrected chi connectivity index (χ3v) is 5.25. The maximum atomic E-state index is 12.0. The molecule has 2 aromatic rings. The van der Waals surface area contributed by atoms with Crippen molar-refractivity contribution in [2.75, 3.05) is 24.3 Å². The van der Waals surface area contributed by atoms with E-state index in [1.807, 2.05) is 53.4 Å². The van der Waals surface area contributed by atoms with Crippen molar-refractivity contribution in [1.29, 1.82) is 0 Å². The third-order valence-electron chi connectivity index (χ3n) is 4.24. The van der Waals surface area contributed by atoms with Gasteiger partial charge in [-0.1, -0.05) is 12.1 Å². The summed E-state index contributed by atoms with van der Waals surface area (Å²) in [6, 6.07) is 15.4. The molecule has 1 saturated heterocycles. The molecule has 0 spiro atoms. The molecule has 0 aromatic heterocycles. The molecule has 1 heterocycles. The van der Waals surface area contributed by atoms with Gasteiger partial charge in [0, 0.05) is 30.1 Å². The fourth-order valence-corrected chi connectivity index (χ4v) is 3.52. The van der Waals surface area contributed by atoms with Crippen molar-refractivity contribution in [3.05, 3.63) is 54.1 Å². The van der Waals surface area contributed by atoms with Crippen molar-refractivity contribution in [3.8, 4) is 5.75 Å². The van der Waals surface area contributed by atoms with E-state index in [0.29, 0.717) is 18.7 Å². The lowest BCUT2D eigenvalue weighted by atomic mass is 10.2. The van der Waals surface area contributed by atoms with E-state index < -0.39 is 0 Å². The van der Waals surface area contributed by atoms with E-state index in [1.165, 1.54) is 11.8 Å². The first-order valence-electron chi connectivity index (χ1n) is 8.58. The summed E-state index contributed by atoms with van der Waals surface area (Å²) in [6.07, 6.45) is 1.55. The van der Waals surface area contributed by atoms with E-state index in [4.69, 9.17) is 4.74 Å². The molecule has 0 unspecified atom stereocenters. The molecule has 6 heteroatoms. The summed E-state index contributed by atoms with van der Waals surface area (Å²) in [5.41, 5.74) is 1.95. The van der Waals surface area contributed by atoms with Gasteiger partial charge in [0.25, 0.3) is 0 Å². The molecule has 2 amide bonds. The van der Waals surface area contributed by atoms with E-state index >= 15 is 0 Å². The molecule has 1 aliphatic heterocycles. The molecule has 0 atom stereocenters. The van der Waals surface area contributed by atoms with Crippen LogP contribution in [0.15, 0.2) is 53.4 Å². The predicted octanol–water partition coefficient (Wildman–Crippen LogP) is 3.23. The molecule has 5 nitrogen and oxygen atoms in total. The molecule has 3 rings (SSSR count). The lowest BCUT2D eigenvalue weighted by Gasteiger charge is -2.16. The number of rotatable bonds is 7. The Labute approximate surface area is 157 Å². The van der Waals surface area contributed by atoms with Crippen LogP contribution in [0.1, 0.15) is 18.4 Å². The maximum absolute atomic E-state index is 12.0. The summed E-state index contributed by atoms with van der Waals surface area (Å²) in [4.78, 5) is 26.6. The fraction of sp³-hybridized carbons (Fsp3) is 0.300. The van der Waals surface area contributed by atoms with Crippen LogP contribution in [0, 0.1) is 0 Å². The molecule has 136 valence electrons. The summed E-state index contributed by atoms with van der Waals surface area (Å²) in [5, 5.41) is 2.92. The Morgan fingerprint density at radius 2 is 1.88 bits per heavy atom. The Balaban J connectivity index is 1.44. The highest BCUT2D eigenvalue weighted by Crippen LogP contribution is 2.22. The molecule has 2 aromatic carbocycles. The number of methoxy groups -OCH3 is 1. The first-order chi connectivity index (χ1) is 12.7. The molecule has 0 bridgehead atoms. The SMILES string of the molecule is COc1ccc(SCC(=O)NCc2ccc(N3CCCC3=O)cc2)cc1. The van der Waals surface area contributed by atoms with Crippen molar-refractivity contribution in [2.45, 2.75) is 24.3 Å². The van der Waals surface area contributed by atoms with E-state index in [1.54, 1.807) is 7.11 Å². The Kier molecular flexibility index (Phi) is 6.17. The highest BCUT2D eigenvalue weighted by atomic mass is 32.2. The monoisotopic (exact) mass is 370 g/mol. The molecular formula is C20H22N2O3S. The Morgan fingerprint density at radius 1 is 1.15 bits per heavy atom. The van der Waals surface area contributed by atoms with Crippen LogP contribution in [0.2, 0.25) is 0 Å². The maximum Gasteiger partial charge on any atom is 0.230 e. The molecule has 26 heavy (non-hydrogen) atoms. The zero-order valence-electron chi connectivity index (χ0n) is 14.7. The summed E-state index contributed by atoms with van der Waals surface area (Å²) in [6.45, 7) is 1.27.